The molecule has 2 rings (SSSR count). The SMILES string of the molecule is CCONC(=O)c1cnc(-c2ccc(C(F)(F)F)cc2)s1. The van der Waals surface area contributed by atoms with Crippen LogP contribution in [0.3, 0.4) is 0 Å². The molecule has 4 nitrogen and oxygen atoms in total. The van der Waals surface area contributed by atoms with Crippen molar-refractivity contribution in [2.75, 3.05) is 6.61 Å². The molecule has 0 bridgehead atoms. The molecule has 1 heterocycles. The van der Waals surface area contributed by atoms with Gasteiger partial charge in [0.05, 0.1) is 18.4 Å². The van der Waals surface area contributed by atoms with Crippen LogP contribution in [-0.4, -0.2) is 17.5 Å². The third-order valence-electron chi connectivity index (χ3n) is 2.50. The standard InChI is InChI=1S/C13H11F3N2O2S/c1-2-20-18-11(19)10-7-17-12(21-10)8-3-5-9(6-4-8)13(14,15)16/h3-7H,2H2,1H3,(H,18,19). The van der Waals surface area contributed by atoms with Crippen molar-refractivity contribution < 1.29 is 22.8 Å². The van der Waals surface area contributed by atoms with Gasteiger partial charge in [0.2, 0.25) is 0 Å². The van der Waals surface area contributed by atoms with Crippen LogP contribution in [0.25, 0.3) is 10.6 Å². The van der Waals surface area contributed by atoms with Gasteiger partial charge in [-0.15, -0.1) is 11.3 Å². The first-order valence-electron chi connectivity index (χ1n) is 5.97. The van der Waals surface area contributed by atoms with E-state index in [0.29, 0.717) is 22.1 Å². The van der Waals surface area contributed by atoms with Crippen LogP contribution in [0.15, 0.2) is 30.5 Å². The summed E-state index contributed by atoms with van der Waals surface area (Å²) in [4.78, 5) is 20.7. The molecule has 1 aromatic heterocycles. The zero-order valence-corrected chi connectivity index (χ0v) is 11.7. The van der Waals surface area contributed by atoms with E-state index in [1.54, 1.807) is 6.92 Å². The van der Waals surface area contributed by atoms with Crippen LogP contribution in [0.1, 0.15) is 22.2 Å². The Kier molecular flexibility index (Phi) is 4.59. The summed E-state index contributed by atoms with van der Waals surface area (Å²) in [6.45, 7) is 2.05. The number of hydrogen-bond donors (Lipinski definition) is 1. The summed E-state index contributed by atoms with van der Waals surface area (Å²) in [5, 5.41) is 0.463. The number of amides is 1. The van der Waals surface area contributed by atoms with Crippen molar-refractivity contribution in [3.63, 3.8) is 0 Å². The second-order valence-corrected chi connectivity index (χ2v) is 5.00. The number of rotatable bonds is 4. The summed E-state index contributed by atoms with van der Waals surface area (Å²) < 4.78 is 37.4. The molecule has 112 valence electrons. The molecule has 0 atom stereocenters. The number of carbonyl (C=O) groups excluding carboxylic acids is 1. The molecule has 1 amide bonds. The van der Waals surface area contributed by atoms with E-state index in [2.05, 4.69) is 10.5 Å². The average molecular weight is 316 g/mol. The van der Waals surface area contributed by atoms with E-state index in [-0.39, 0.29) is 0 Å². The van der Waals surface area contributed by atoms with Crippen LogP contribution in [0.4, 0.5) is 13.2 Å². The second-order valence-electron chi connectivity index (χ2n) is 3.97. The number of halogens is 3. The molecule has 2 aromatic rings. The third-order valence-corrected chi connectivity index (χ3v) is 3.54. The van der Waals surface area contributed by atoms with E-state index < -0.39 is 17.6 Å². The van der Waals surface area contributed by atoms with E-state index in [4.69, 9.17) is 4.84 Å². The first-order chi connectivity index (χ1) is 9.91. The van der Waals surface area contributed by atoms with E-state index in [0.717, 1.165) is 23.5 Å². The number of hydroxylamine groups is 1. The maximum atomic E-state index is 12.5. The zero-order chi connectivity index (χ0) is 15.5. The Balaban J connectivity index is 2.16. The topological polar surface area (TPSA) is 51.2 Å². The van der Waals surface area contributed by atoms with Crippen LogP contribution in [0, 0.1) is 0 Å². The summed E-state index contributed by atoms with van der Waals surface area (Å²) in [5.41, 5.74) is 2.02. The second kappa shape index (κ2) is 6.23. The molecule has 0 fully saturated rings. The highest BCUT2D eigenvalue weighted by Gasteiger charge is 2.30. The lowest BCUT2D eigenvalue weighted by molar-refractivity contribution is -0.137. The minimum Gasteiger partial charge on any atom is -0.274 e. The molecule has 0 spiro atoms. The fourth-order valence-electron chi connectivity index (χ4n) is 1.50. The lowest BCUT2D eigenvalue weighted by Gasteiger charge is -2.06. The van der Waals surface area contributed by atoms with Gasteiger partial charge in [0.1, 0.15) is 9.88 Å². The summed E-state index contributed by atoms with van der Waals surface area (Å²) in [7, 11) is 0. The van der Waals surface area contributed by atoms with Gasteiger partial charge < -0.3 is 0 Å². The van der Waals surface area contributed by atoms with Gasteiger partial charge >= 0.3 is 6.18 Å². The van der Waals surface area contributed by atoms with Crippen molar-refractivity contribution >= 4 is 17.2 Å². The lowest BCUT2D eigenvalue weighted by atomic mass is 10.1. The van der Waals surface area contributed by atoms with Gasteiger partial charge in [-0.05, 0) is 19.1 Å². The van der Waals surface area contributed by atoms with Gasteiger partial charge in [-0.3, -0.25) is 9.63 Å². The smallest absolute Gasteiger partial charge is 0.274 e. The molecule has 21 heavy (non-hydrogen) atoms. The Labute approximate surface area is 122 Å². The predicted octanol–water partition coefficient (Wildman–Crippen LogP) is 3.51. The maximum absolute atomic E-state index is 12.5. The number of nitrogens with zero attached hydrogens (tertiary/aromatic N) is 1. The van der Waals surface area contributed by atoms with Gasteiger partial charge in [0.25, 0.3) is 5.91 Å². The number of benzene rings is 1. The Morgan fingerprint density at radius 2 is 2.00 bits per heavy atom. The number of nitrogens with one attached hydrogen (secondary N) is 1. The number of thiazole rings is 1. The van der Waals surface area contributed by atoms with Gasteiger partial charge in [0.15, 0.2) is 0 Å². The van der Waals surface area contributed by atoms with E-state index >= 15 is 0 Å². The van der Waals surface area contributed by atoms with Crippen molar-refractivity contribution in [1.82, 2.24) is 10.5 Å². The highest BCUT2D eigenvalue weighted by molar-refractivity contribution is 7.16. The lowest BCUT2D eigenvalue weighted by Crippen LogP contribution is -2.22. The fourth-order valence-corrected chi connectivity index (χ4v) is 2.31. The zero-order valence-electron chi connectivity index (χ0n) is 10.9. The van der Waals surface area contributed by atoms with Crippen molar-refractivity contribution in [2.24, 2.45) is 0 Å². The van der Waals surface area contributed by atoms with Crippen molar-refractivity contribution in [1.29, 1.82) is 0 Å². The molecule has 0 unspecified atom stereocenters. The number of hydrogen-bond acceptors (Lipinski definition) is 4. The Bertz CT molecular complexity index is 623. The molecule has 1 N–H and O–H groups in total. The molecular weight excluding hydrogens is 305 g/mol. The predicted molar refractivity (Wildman–Crippen MR) is 71.6 cm³/mol. The summed E-state index contributed by atoms with van der Waals surface area (Å²) in [6.07, 6.45) is -3.02. The van der Waals surface area contributed by atoms with Crippen molar-refractivity contribution in [2.45, 2.75) is 13.1 Å². The summed E-state index contributed by atoms with van der Waals surface area (Å²) >= 11 is 1.07. The third kappa shape index (κ3) is 3.79. The number of carbonyl (C=O) groups is 1. The van der Waals surface area contributed by atoms with Crippen LogP contribution in [-0.2, 0) is 11.0 Å². The molecular formula is C13H11F3N2O2S. The molecule has 0 saturated carbocycles. The normalized spacial score (nSPS) is 11.4. The Morgan fingerprint density at radius 1 is 1.33 bits per heavy atom. The van der Waals surface area contributed by atoms with Gasteiger partial charge in [-0.25, -0.2) is 10.5 Å². The van der Waals surface area contributed by atoms with Crippen LogP contribution < -0.4 is 5.48 Å². The highest BCUT2D eigenvalue weighted by atomic mass is 32.1. The largest absolute Gasteiger partial charge is 0.416 e. The first kappa shape index (κ1) is 15.5. The van der Waals surface area contributed by atoms with E-state index in [1.165, 1.54) is 18.3 Å². The fraction of sp³-hybridized carbons (Fsp3) is 0.231. The minimum absolute atomic E-state index is 0.318. The van der Waals surface area contributed by atoms with E-state index in [9.17, 15) is 18.0 Å². The molecule has 0 aliphatic rings. The summed E-state index contributed by atoms with van der Waals surface area (Å²) in [6, 6.07) is 4.62. The Hall–Kier alpha value is -1.93. The monoisotopic (exact) mass is 316 g/mol. The van der Waals surface area contributed by atoms with Crippen LogP contribution in [0.2, 0.25) is 0 Å². The van der Waals surface area contributed by atoms with Crippen LogP contribution in [0.5, 0.6) is 0 Å². The van der Waals surface area contributed by atoms with Crippen molar-refractivity contribution in [3.8, 4) is 10.6 Å². The van der Waals surface area contributed by atoms with Gasteiger partial charge in [-0.2, -0.15) is 13.2 Å². The average Bonchev–Trinajstić information content (AvgIpc) is 2.94. The maximum Gasteiger partial charge on any atom is 0.416 e. The molecule has 8 heteroatoms. The van der Waals surface area contributed by atoms with E-state index in [1.807, 2.05) is 0 Å². The molecule has 0 aliphatic carbocycles. The van der Waals surface area contributed by atoms with Crippen LogP contribution >= 0.6 is 11.3 Å². The highest BCUT2D eigenvalue weighted by Crippen LogP contribution is 2.32. The molecule has 0 saturated heterocycles. The molecule has 0 aliphatic heterocycles. The van der Waals surface area contributed by atoms with Gasteiger partial charge in [0, 0.05) is 5.56 Å². The first-order valence-corrected chi connectivity index (χ1v) is 6.79. The number of aromatic nitrogens is 1. The summed E-state index contributed by atoms with van der Waals surface area (Å²) in [5.74, 6) is -0.437. The number of alkyl halides is 3. The molecule has 1 aromatic carbocycles. The minimum atomic E-state index is -4.37. The van der Waals surface area contributed by atoms with Crippen molar-refractivity contribution in [3.05, 3.63) is 40.9 Å². The molecule has 0 radical (unpaired) electrons. The Morgan fingerprint density at radius 3 is 2.57 bits per heavy atom. The van der Waals surface area contributed by atoms with Gasteiger partial charge in [-0.1, -0.05) is 12.1 Å². The quantitative estimate of drug-likeness (QED) is 0.878.